The highest BCUT2D eigenvalue weighted by molar-refractivity contribution is 6.30. The molecule has 134 valence electrons. The summed E-state index contributed by atoms with van der Waals surface area (Å²) in [5.41, 5.74) is 6.28. The molecule has 0 saturated carbocycles. The highest BCUT2D eigenvalue weighted by Gasteiger charge is 2.28. The number of amides is 1. The molecule has 0 aromatic heterocycles. The molecule has 0 aliphatic heterocycles. The Morgan fingerprint density at radius 2 is 1.64 bits per heavy atom. The molecule has 0 fully saturated rings. The lowest BCUT2D eigenvalue weighted by Gasteiger charge is -2.32. The smallest absolute Gasteiger partial charge is 0.237 e. The second-order valence-corrected chi connectivity index (χ2v) is 7.03. The van der Waals surface area contributed by atoms with Crippen LogP contribution in [-0.4, -0.2) is 17.5 Å². The molecular formula is C19H21ClF2N2O. The molecule has 1 unspecified atom stereocenters. The third-order valence-corrected chi connectivity index (χ3v) is 4.11. The molecule has 2 aromatic rings. The van der Waals surface area contributed by atoms with E-state index in [4.69, 9.17) is 17.3 Å². The Bertz CT molecular complexity index is 729. The minimum Gasteiger partial charge on any atom is -0.349 e. The van der Waals surface area contributed by atoms with E-state index in [1.807, 2.05) is 19.1 Å². The second kappa shape index (κ2) is 7.93. The van der Waals surface area contributed by atoms with Gasteiger partial charge in [0.25, 0.3) is 0 Å². The Morgan fingerprint density at radius 1 is 1.12 bits per heavy atom. The van der Waals surface area contributed by atoms with Crippen LogP contribution in [0.25, 0.3) is 0 Å². The van der Waals surface area contributed by atoms with Crippen LogP contribution in [0, 0.1) is 11.6 Å². The van der Waals surface area contributed by atoms with Crippen molar-refractivity contribution in [2.75, 3.05) is 0 Å². The van der Waals surface area contributed by atoms with Gasteiger partial charge in [-0.15, -0.1) is 0 Å². The monoisotopic (exact) mass is 366 g/mol. The molecule has 0 spiro atoms. The molecule has 3 N–H and O–H groups in total. The van der Waals surface area contributed by atoms with E-state index in [2.05, 4.69) is 5.32 Å². The molecule has 0 radical (unpaired) electrons. The van der Waals surface area contributed by atoms with E-state index in [9.17, 15) is 13.6 Å². The van der Waals surface area contributed by atoms with E-state index in [0.29, 0.717) is 17.0 Å². The summed E-state index contributed by atoms with van der Waals surface area (Å²) in [6.45, 7) is 3.41. The van der Waals surface area contributed by atoms with Crippen LogP contribution in [-0.2, 0) is 17.6 Å². The molecule has 6 heteroatoms. The zero-order valence-corrected chi connectivity index (χ0v) is 14.9. The molecule has 0 aliphatic carbocycles. The highest BCUT2D eigenvalue weighted by Crippen LogP contribution is 2.22. The van der Waals surface area contributed by atoms with Gasteiger partial charge in [-0.25, -0.2) is 8.78 Å². The Hall–Kier alpha value is -1.98. The van der Waals surface area contributed by atoms with Gasteiger partial charge in [0.15, 0.2) is 0 Å². The standard InChI is InChI=1S/C19H21ClF2N2O/c1-12(23)18(25)24-19(2,10-13-3-5-15(20)6-4-13)11-14-7-16(21)9-17(22)8-14/h3-9,12H,10-11,23H2,1-2H3,(H,24,25)/t12-,19?/m0/s1. The maximum absolute atomic E-state index is 13.5. The van der Waals surface area contributed by atoms with E-state index in [0.717, 1.165) is 11.6 Å². The average molecular weight is 367 g/mol. The number of hydrogen-bond donors (Lipinski definition) is 2. The Morgan fingerprint density at radius 3 is 2.16 bits per heavy atom. The summed E-state index contributed by atoms with van der Waals surface area (Å²) in [6.07, 6.45) is 0.712. The van der Waals surface area contributed by atoms with E-state index in [1.165, 1.54) is 12.1 Å². The summed E-state index contributed by atoms with van der Waals surface area (Å²) in [5.74, 6) is -1.63. The summed E-state index contributed by atoms with van der Waals surface area (Å²) in [7, 11) is 0. The van der Waals surface area contributed by atoms with E-state index in [1.54, 1.807) is 19.1 Å². The lowest BCUT2D eigenvalue weighted by atomic mass is 9.86. The summed E-state index contributed by atoms with van der Waals surface area (Å²) >= 11 is 5.90. The molecule has 0 bridgehead atoms. The van der Waals surface area contributed by atoms with Crippen molar-refractivity contribution in [1.29, 1.82) is 0 Å². The maximum Gasteiger partial charge on any atom is 0.237 e. The predicted octanol–water partition coefficient (Wildman–Crippen LogP) is 3.63. The van der Waals surface area contributed by atoms with Crippen molar-refractivity contribution in [2.45, 2.75) is 38.3 Å². The second-order valence-electron chi connectivity index (χ2n) is 6.60. The van der Waals surface area contributed by atoms with Gasteiger partial charge in [-0.3, -0.25) is 4.79 Å². The van der Waals surface area contributed by atoms with Crippen molar-refractivity contribution in [3.05, 3.63) is 70.2 Å². The number of halogens is 3. The summed E-state index contributed by atoms with van der Waals surface area (Å²) in [6, 6.07) is 9.88. The first kappa shape index (κ1) is 19.3. The fraction of sp³-hybridized carbons (Fsp3) is 0.316. The third-order valence-electron chi connectivity index (χ3n) is 3.86. The molecule has 2 rings (SSSR count). The fourth-order valence-electron chi connectivity index (χ4n) is 2.78. The van der Waals surface area contributed by atoms with E-state index in [-0.39, 0.29) is 12.3 Å². The summed E-state index contributed by atoms with van der Waals surface area (Å²) in [4.78, 5) is 12.1. The molecule has 2 aromatic carbocycles. The van der Waals surface area contributed by atoms with Crippen LogP contribution < -0.4 is 11.1 Å². The topological polar surface area (TPSA) is 55.1 Å². The summed E-state index contributed by atoms with van der Waals surface area (Å²) < 4.78 is 27.0. The number of nitrogens with one attached hydrogen (secondary N) is 1. The Balaban J connectivity index is 2.29. The van der Waals surface area contributed by atoms with Gasteiger partial charge in [-0.2, -0.15) is 0 Å². The first-order valence-electron chi connectivity index (χ1n) is 7.94. The van der Waals surface area contributed by atoms with Gasteiger partial charge in [0.1, 0.15) is 11.6 Å². The molecule has 0 aliphatic rings. The van der Waals surface area contributed by atoms with Crippen molar-refractivity contribution in [2.24, 2.45) is 5.73 Å². The maximum atomic E-state index is 13.5. The number of carbonyl (C=O) groups is 1. The van der Waals surface area contributed by atoms with Gasteiger partial charge >= 0.3 is 0 Å². The normalized spacial score (nSPS) is 14.6. The molecule has 3 nitrogen and oxygen atoms in total. The minimum absolute atomic E-state index is 0.253. The number of benzene rings is 2. The van der Waals surface area contributed by atoms with Crippen LogP contribution in [0.2, 0.25) is 5.02 Å². The van der Waals surface area contributed by atoms with Crippen molar-refractivity contribution >= 4 is 17.5 Å². The lowest BCUT2D eigenvalue weighted by Crippen LogP contribution is -2.53. The molecule has 25 heavy (non-hydrogen) atoms. The molecule has 2 atom stereocenters. The zero-order valence-electron chi connectivity index (χ0n) is 14.2. The molecule has 0 heterocycles. The largest absolute Gasteiger partial charge is 0.349 e. The van der Waals surface area contributed by atoms with Crippen LogP contribution in [0.5, 0.6) is 0 Å². The summed E-state index contributed by atoms with van der Waals surface area (Å²) in [5, 5.41) is 3.51. The first-order valence-corrected chi connectivity index (χ1v) is 8.32. The number of rotatable bonds is 6. The average Bonchev–Trinajstić information content (AvgIpc) is 2.48. The van der Waals surface area contributed by atoms with Gasteiger partial charge in [0.05, 0.1) is 6.04 Å². The SMILES string of the molecule is C[C@H](N)C(=O)NC(C)(Cc1ccc(Cl)cc1)Cc1cc(F)cc(F)c1. The van der Waals surface area contributed by atoms with Gasteiger partial charge in [0.2, 0.25) is 5.91 Å². The van der Waals surface area contributed by atoms with E-state index >= 15 is 0 Å². The number of carbonyl (C=O) groups excluding carboxylic acids is 1. The minimum atomic E-state index is -0.765. The predicted molar refractivity (Wildman–Crippen MR) is 95.4 cm³/mol. The van der Waals surface area contributed by atoms with Gasteiger partial charge < -0.3 is 11.1 Å². The van der Waals surface area contributed by atoms with Crippen LogP contribution in [0.1, 0.15) is 25.0 Å². The van der Waals surface area contributed by atoms with E-state index < -0.39 is 23.2 Å². The van der Waals surface area contributed by atoms with Crippen LogP contribution in [0.4, 0.5) is 8.78 Å². The number of nitrogens with two attached hydrogens (primary N) is 1. The third kappa shape index (κ3) is 5.80. The Kier molecular flexibility index (Phi) is 6.14. The first-order chi connectivity index (χ1) is 11.7. The fourth-order valence-corrected chi connectivity index (χ4v) is 2.90. The van der Waals surface area contributed by atoms with Crippen LogP contribution >= 0.6 is 11.6 Å². The van der Waals surface area contributed by atoms with Crippen molar-refractivity contribution in [3.8, 4) is 0 Å². The van der Waals surface area contributed by atoms with Gasteiger partial charge in [-0.05, 0) is 62.1 Å². The quantitative estimate of drug-likeness (QED) is 0.820. The Labute approximate surface area is 151 Å². The molecule has 1 amide bonds. The zero-order chi connectivity index (χ0) is 18.6. The van der Waals surface area contributed by atoms with Crippen molar-refractivity contribution in [1.82, 2.24) is 5.32 Å². The van der Waals surface area contributed by atoms with Crippen LogP contribution in [0.3, 0.4) is 0 Å². The molecular weight excluding hydrogens is 346 g/mol. The lowest BCUT2D eigenvalue weighted by molar-refractivity contribution is -0.123. The molecule has 0 saturated heterocycles. The highest BCUT2D eigenvalue weighted by atomic mass is 35.5. The van der Waals surface area contributed by atoms with Gasteiger partial charge in [0, 0.05) is 16.6 Å². The van der Waals surface area contributed by atoms with Crippen molar-refractivity contribution in [3.63, 3.8) is 0 Å². The van der Waals surface area contributed by atoms with Crippen molar-refractivity contribution < 1.29 is 13.6 Å². The number of hydrogen-bond acceptors (Lipinski definition) is 2. The van der Waals surface area contributed by atoms with Gasteiger partial charge in [-0.1, -0.05) is 23.7 Å². The van der Waals surface area contributed by atoms with Crippen LogP contribution in [0.15, 0.2) is 42.5 Å².